The molecule has 1 fully saturated rings. The lowest BCUT2D eigenvalue weighted by molar-refractivity contribution is 0.102. The van der Waals surface area contributed by atoms with Crippen LogP contribution in [0, 0.1) is 6.92 Å². The monoisotopic (exact) mass is 349 g/mol. The summed E-state index contributed by atoms with van der Waals surface area (Å²) in [5, 5.41) is 11.8. The number of nitrogens with zero attached hydrogens (tertiary/aromatic N) is 4. The summed E-state index contributed by atoms with van der Waals surface area (Å²) in [5.74, 6) is 0.607. The number of nitrogens with one attached hydrogen (secondary N) is 1. The van der Waals surface area contributed by atoms with Crippen molar-refractivity contribution in [2.45, 2.75) is 45.1 Å². The van der Waals surface area contributed by atoms with Gasteiger partial charge in [-0.15, -0.1) is 0 Å². The van der Waals surface area contributed by atoms with Gasteiger partial charge in [0.15, 0.2) is 0 Å². The lowest BCUT2D eigenvalue weighted by Crippen LogP contribution is -2.20. The molecule has 3 aromatic rings. The Morgan fingerprint density at radius 2 is 1.85 bits per heavy atom. The Kier molecular flexibility index (Phi) is 4.56. The highest BCUT2D eigenvalue weighted by atomic mass is 16.1. The molecule has 1 N–H and O–H groups in total. The Morgan fingerprint density at radius 1 is 1.08 bits per heavy atom. The number of benzene rings is 1. The summed E-state index contributed by atoms with van der Waals surface area (Å²) in [6.07, 6.45) is 9.35. The third-order valence-corrected chi connectivity index (χ3v) is 5.09. The summed E-state index contributed by atoms with van der Waals surface area (Å²) in [5.41, 5.74) is 2.33. The molecule has 0 aliphatic heterocycles. The van der Waals surface area contributed by atoms with E-state index >= 15 is 0 Å². The highest BCUT2D eigenvalue weighted by molar-refractivity contribution is 6.04. The molecule has 1 aromatic carbocycles. The average molecular weight is 349 g/mol. The number of carbonyl (C=O) groups is 1. The van der Waals surface area contributed by atoms with Crippen LogP contribution in [0.2, 0.25) is 0 Å². The van der Waals surface area contributed by atoms with E-state index in [1.54, 1.807) is 17.1 Å². The van der Waals surface area contributed by atoms with Gasteiger partial charge >= 0.3 is 0 Å². The minimum Gasteiger partial charge on any atom is -0.307 e. The normalized spacial score (nSPS) is 15.1. The Bertz CT molecular complexity index is 890. The van der Waals surface area contributed by atoms with Crippen molar-refractivity contribution in [3.63, 3.8) is 0 Å². The van der Waals surface area contributed by atoms with Crippen molar-refractivity contribution in [3.05, 3.63) is 60.0 Å². The zero-order chi connectivity index (χ0) is 17.9. The molecule has 1 saturated carbocycles. The second-order valence-electron chi connectivity index (χ2n) is 6.80. The van der Waals surface area contributed by atoms with Crippen LogP contribution in [0.4, 0.5) is 5.82 Å². The fourth-order valence-corrected chi connectivity index (χ4v) is 3.68. The topological polar surface area (TPSA) is 64.7 Å². The van der Waals surface area contributed by atoms with Gasteiger partial charge in [0, 0.05) is 6.07 Å². The van der Waals surface area contributed by atoms with Crippen molar-refractivity contribution >= 4 is 11.7 Å². The summed E-state index contributed by atoms with van der Waals surface area (Å²) < 4.78 is 3.75. The van der Waals surface area contributed by atoms with E-state index in [-0.39, 0.29) is 5.91 Å². The summed E-state index contributed by atoms with van der Waals surface area (Å²) in [4.78, 5) is 12.8. The molecule has 134 valence electrons. The van der Waals surface area contributed by atoms with E-state index in [0.29, 0.717) is 11.6 Å². The molecule has 4 rings (SSSR count). The maximum atomic E-state index is 12.8. The van der Waals surface area contributed by atoms with Crippen LogP contribution in [0.15, 0.2) is 48.8 Å². The summed E-state index contributed by atoms with van der Waals surface area (Å²) in [6, 6.07) is 12.1. The Hall–Kier alpha value is -2.89. The zero-order valence-electron chi connectivity index (χ0n) is 14.9. The van der Waals surface area contributed by atoms with E-state index in [4.69, 9.17) is 0 Å². The van der Waals surface area contributed by atoms with E-state index in [9.17, 15) is 4.79 Å². The van der Waals surface area contributed by atoms with Gasteiger partial charge in [0.2, 0.25) is 0 Å². The highest BCUT2D eigenvalue weighted by Gasteiger charge is 2.21. The number of hydrogen-bond donors (Lipinski definition) is 1. The van der Waals surface area contributed by atoms with Gasteiger partial charge in [-0.25, -0.2) is 9.36 Å². The number of para-hydroxylation sites is 1. The molecule has 0 unspecified atom stereocenters. The van der Waals surface area contributed by atoms with E-state index in [2.05, 4.69) is 15.5 Å². The SMILES string of the molecule is Cc1c(C(=O)Nc2ccnn2C2CCCCC2)cnn1-c1ccccc1. The van der Waals surface area contributed by atoms with Gasteiger partial charge in [0.25, 0.3) is 5.91 Å². The third-order valence-electron chi connectivity index (χ3n) is 5.09. The quantitative estimate of drug-likeness (QED) is 0.770. The van der Waals surface area contributed by atoms with Gasteiger partial charge in [0.05, 0.1) is 35.4 Å². The largest absolute Gasteiger partial charge is 0.307 e. The lowest BCUT2D eigenvalue weighted by atomic mass is 9.96. The second kappa shape index (κ2) is 7.15. The molecule has 2 heterocycles. The molecule has 0 spiro atoms. The summed E-state index contributed by atoms with van der Waals surface area (Å²) in [7, 11) is 0. The predicted octanol–water partition coefficient (Wildman–Crippen LogP) is 4.13. The van der Waals surface area contributed by atoms with Crippen LogP contribution < -0.4 is 5.32 Å². The minimum atomic E-state index is -0.151. The van der Waals surface area contributed by atoms with Crippen LogP contribution in [-0.2, 0) is 0 Å². The standard InChI is InChI=1S/C20H23N5O/c1-15-18(14-22-24(15)16-8-4-2-5-9-16)20(26)23-19-12-13-21-25(19)17-10-6-3-7-11-17/h2,4-5,8-9,12-14,17H,3,6-7,10-11H2,1H3,(H,23,26). The molecular weight excluding hydrogens is 326 g/mol. The van der Waals surface area contributed by atoms with E-state index < -0.39 is 0 Å². The van der Waals surface area contributed by atoms with Crippen molar-refractivity contribution in [1.82, 2.24) is 19.6 Å². The number of rotatable bonds is 4. The first-order valence-electron chi connectivity index (χ1n) is 9.19. The smallest absolute Gasteiger partial charge is 0.260 e. The molecule has 0 saturated heterocycles. The number of carbonyl (C=O) groups excluding carboxylic acids is 1. The fraction of sp³-hybridized carbons (Fsp3) is 0.350. The van der Waals surface area contributed by atoms with Gasteiger partial charge in [-0.3, -0.25) is 4.79 Å². The van der Waals surface area contributed by atoms with Gasteiger partial charge in [-0.1, -0.05) is 37.5 Å². The molecule has 6 heteroatoms. The predicted molar refractivity (Wildman–Crippen MR) is 101 cm³/mol. The van der Waals surface area contributed by atoms with Gasteiger partial charge < -0.3 is 5.32 Å². The number of aromatic nitrogens is 4. The first kappa shape index (κ1) is 16.6. The summed E-state index contributed by atoms with van der Waals surface area (Å²) >= 11 is 0. The average Bonchev–Trinajstić information content (AvgIpc) is 3.29. The van der Waals surface area contributed by atoms with Gasteiger partial charge in [-0.05, 0) is 31.9 Å². The van der Waals surface area contributed by atoms with Crippen LogP contribution >= 0.6 is 0 Å². The number of hydrogen-bond acceptors (Lipinski definition) is 3. The molecule has 0 atom stereocenters. The molecule has 1 aliphatic carbocycles. The zero-order valence-corrected chi connectivity index (χ0v) is 14.9. The summed E-state index contributed by atoms with van der Waals surface area (Å²) in [6.45, 7) is 1.91. The first-order chi connectivity index (χ1) is 12.7. The molecule has 6 nitrogen and oxygen atoms in total. The minimum absolute atomic E-state index is 0.151. The van der Waals surface area contributed by atoms with E-state index in [0.717, 1.165) is 30.0 Å². The van der Waals surface area contributed by atoms with Crippen LogP contribution in [-0.4, -0.2) is 25.5 Å². The van der Waals surface area contributed by atoms with Gasteiger partial charge in [-0.2, -0.15) is 10.2 Å². The molecule has 0 radical (unpaired) electrons. The molecule has 26 heavy (non-hydrogen) atoms. The van der Waals surface area contributed by atoms with E-state index in [1.807, 2.05) is 48.0 Å². The van der Waals surface area contributed by atoms with Gasteiger partial charge in [0.1, 0.15) is 5.82 Å². The second-order valence-corrected chi connectivity index (χ2v) is 6.80. The van der Waals surface area contributed by atoms with Crippen LogP contribution in [0.5, 0.6) is 0 Å². The fourth-order valence-electron chi connectivity index (χ4n) is 3.68. The molecule has 0 bridgehead atoms. The third kappa shape index (κ3) is 3.14. The van der Waals surface area contributed by atoms with Crippen LogP contribution in [0.3, 0.4) is 0 Å². The molecular formula is C20H23N5O. The first-order valence-corrected chi connectivity index (χ1v) is 9.19. The lowest BCUT2D eigenvalue weighted by Gasteiger charge is -2.23. The molecule has 1 amide bonds. The number of anilines is 1. The maximum absolute atomic E-state index is 12.8. The Balaban J connectivity index is 1.55. The van der Waals surface area contributed by atoms with Crippen molar-refractivity contribution in [1.29, 1.82) is 0 Å². The number of amides is 1. The molecule has 1 aliphatic rings. The van der Waals surface area contributed by atoms with Crippen LogP contribution in [0.1, 0.15) is 54.2 Å². The highest BCUT2D eigenvalue weighted by Crippen LogP contribution is 2.30. The Morgan fingerprint density at radius 3 is 2.62 bits per heavy atom. The van der Waals surface area contributed by atoms with E-state index in [1.165, 1.54) is 19.3 Å². The van der Waals surface area contributed by atoms with Crippen molar-refractivity contribution in [2.24, 2.45) is 0 Å². The van der Waals surface area contributed by atoms with Crippen molar-refractivity contribution in [3.8, 4) is 5.69 Å². The van der Waals surface area contributed by atoms with Crippen molar-refractivity contribution < 1.29 is 4.79 Å². The van der Waals surface area contributed by atoms with Crippen LogP contribution in [0.25, 0.3) is 5.69 Å². The molecule has 2 aromatic heterocycles. The maximum Gasteiger partial charge on any atom is 0.260 e. The van der Waals surface area contributed by atoms with Crippen molar-refractivity contribution in [2.75, 3.05) is 5.32 Å². The Labute approximate surface area is 152 Å².